The van der Waals surface area contributed by atoms with Crippen molar-refractivity contribution in [3.63, 3.8) is 0 Å². The monoisotopic (exact) mass is 387 g/mol. The largest absolute Gasteiger partial charge is 0.493 e. The van der Waals surface area contributed by atoms with E-state index in [9.17, 15) is 4.79 Å². The number of aromatic amines is 1. The highest BCUT2D eigenvalue weighted by molar-refractivity contribution is 5.81. The number of ether oxygens (including phenoxy) is 3. The van der Waals surface area contributed by atoms with Crippen LogP contribution in [0.3, 0.4) is 0 Å². The summed E-state index contributed by atoms with van der Waals surface area (Å²) in [5.41, 5.74) is 0.519. The third-order valence-electron chi connectivity index (χ3n) is 5.69. The molecule has 1 N–H and O–H groups in total. The van der Waals surface area contributed by atoms with E-state index in [4.69, 9.17) is 19.2 Å². The van der Waals surface area contributed by atoms with Gasteiger partial charge in [0, 0.05) is 31.7 Å². The number of hydrogen-bond donors (Lipinski definition) is 1. The Balaban J connectivity index is 1.52. The molecular weight excluding hydrogens is 358 g/mol. The molecule has 0 aliphatic carbocycles. The van der Waals surface area contributed by atoms with Crippen molar-refractivity contribution in [1.82, 2.24) is 14.9 Å². The van der Waals surface area contributed by atoms with Gasteiger partial charge in [0.1, 0.15) is 5.82 Å². The number of nitrogens with one attached hydrogen (secondary N) is 1. The van der Waals surface area contributed by atoms with Gasteiger partial charge in [0.15, 0.2) is 11.5 Å². The molecule has 1 aromatic carbocycles. The molecule has 2 fully saturated rings. The third kappa shape index (κ3) is 4.31. The number of aromatic nitrogens is 2. The molecule has 1 aromatic heterocycles. The molecule has 4 rings (SSSR count). The van der Waals surface area contributed by atoms with E-state index in [-0.39, 0.29) is 11.5 Å². The maximum Gasteiger partial charge on any atom is 0.258 e. The van der Waals surface area contributed by atoms with Crippen LogP contribution in [0, 0.1) is 0 Å². The van der Waals surface area contributed by atoms with E-state index in [1.165, 1.54) is 25.9 Å². The number of benzene rings is 1. The summed E-state index contributed by atoms with van der Waals surface area (Å²) < 4.78 is 16.9. The summed E-state index contributed by atoms with van der Waals surface area (Å²) in [6, 6.07) is 3.56. The lowest BCUT2D eigenvalue weighted by Gasteiger charge is -2.21. The molecule has 0 spiro atoms. The molecule has 2 aromatic rings. The zero-order chi connectivity index (χ0) is 19.3. The van der Waals surface area contributed by atoms with E-state index >= 15 is 0 Å². The highest BCUT2D eigenvalue weighted by Crippen LogP contribution is 2.32. The molecule has 0 saturated carbocycles. The number of methoxy groups -OCH3 is 1. The molecule has 2 saturated heterocycles. The van der Waals surface area contributed by atoms with Gasteiger partial charge in [0.05, 0.1) is 24.6 Å². The van der Waals surface area contributed by atoms with E-state index in [2.05, 4.69) is 9.88 Å². The Kier molecular flexibility index (Phi) is 6.12. The van der Waals surface area contributed by atoms with Crippen molar-refractivity contribution in [2.24, 2.45) is 0 Å². The van der Waals surface area contributed by atoms with E-state index in [1.54, 1.807) is 13.2 Å². The molecule has 2 aliphatic heterocycles. The third-order valence-corrected chi connectivity index (χ3v) is 5.69. The topological polar surface area (TPSA) is 76.7 Å². The first kappa shape index (κ1) is 19.2. The van der Waals surface area contributed by atoms with Crippen molar-refractivity contribution in [2.45, 2.75) is 38.0 Å². The van der Waals surface area contributed by atoms with Gasteiger partial charge < -0.3 is 24.1 Å². The van der Waals surface area contributed by atoms with Crippen molar-refractivity contribution < 1.29 is 14.2 Å². The average molecular weight is 387 g/mol. The van der Waals surface area contributed by atoms with Crippen molar-refractivity contribution >= 4 is 10.9 Å². The first-order valence-corrected chi connectivity index (χ1v) is 10.3. The molecule has 0 bridgehead atoms. The molecule has 28 heavy (non-hydrogen) atoms. The molecule has 7 heteroatoms. The van der Waals surface area contributed by atoms with Gasteiger partial charge in [-0.05, 0) is 51.3 Å². The lowest BCUT2D eigenvalue weighted by atomic mass is 9.99. The summed E-state index contributed by atoms with van der Waals surface area (Å²) in [6.45, 7) is 5.48. The number of H-pyrrole nitrogens is 1. The minimum atomic E-state index is -0.134. The minimum absolute atomic E-state index is 0.134. The molecule has 3 heterocycles. The van der Waals surface area contributed by atoms with Gasteiger partial charge in [-0.25, -0.2) is 4.98 Å². The minimum Gasteiger partial charge on any atom is -0.493 e. The summed E-state index contributed by atoms with van der Waals surface area (Å²) in [4.78, 5) is 22.8. The van der Waals surface area contributed by atoms with Crippen LogP contribution in [0.2, 0.25) is 0 Å². The number of likely N-dealkylation sites (tertiary alicyclic amines) is 1. The van der Waals surface area contributed by atoms with Crippen LogP contribution >= 0.6 is 0 Å². The normalized spacial score (nSPS) is 18.6. The van der Waals surface area contributed by atoms with Crippen molar-refractivity contribution in [3.05, 3.63) is 28.3 Å². The number of rotatable bonds is 7. The number of fused-ring (bicyclic) bond motifs is 1. The smallest absolute Gasteiger partial charge is 0.258 e. The maximum absolute atomic E-state index is 12.6. The van der Waals surface area contributed by atoms with Crippen LogP contribution in [0.15, 0.2) is 16.9 Å². The second kappa shape index (κ2) is 8.92. The van der Waals surface area contributed by atoms with Gasteiger partial charge in [-0.15, -0.1) is 0 Å². The van der Waals surface area contributed by atoms with Gasteiger partial charge in [0.2, 0.25) is 0 Å². The Bertz CT molecular complexity index is 855. The van der Waals surface area contributed by atoms with Crippen molar-refractivity contribution in [1.29, 1.82) is 0 Å². The summed E-state index contributed by atoms with van der Waals surface area (Å²) >= 11 is 0. The lowest BCUT2D eigenvalue weighted by Crippen LogP contribution is -2.22. The first-order chi connectivity index (χ1) is 13.7. The predicted octanol–water partition coefficient (Wildman–Crippen LogP) is 2.69. The predicted molar refractivity (Wildman–Crippen MR) is 107 cm³/mol. The van der Waals surface area contributed by atoms with Crippen molar-refractivity contribution in [2.75, 3.05) is 46.6 Å². The highest BCUT2D eigenvalue weighted by Gasteiger charge is 2.20. The van der Waals surface area contributed by atoms with Crippen LogP contribution in [0.4, 0.5) is 0 Å². The fourth-order valence-corrected chi connectivity index (χ4v) is 4.08. The Morgan fingerprint density at radius 1 is 1.21 bits per heavy atom. The molecule has 0 amide bonds. The summed E-state index contributed by atoms with van der Waals surface area (Å²) in [5, 5.41) is 0.525. The molecule has 0 radical (unpaired) electrons. The van der Waals surface area contributed by atoms with E-state index in [0.717, 1.165) is 31.6 Å². The second-order valence-electron chi connectivity index (χ2n) is 7.61. The van der Waals surface area contributed by atoms with Gasteiger partial charge in [-0.3, -0.25) is 4.79 Å². The van der Waals surface area contributed by atoms with Gasteiger partial charge in [-0.1, -0.05) is 0 Å². The van der Waals surface area contributed by atoms with Crippen LogP contribution in [-0.4, -0.2) is 61.4 Å². The SMILES string of the molecule is COc1cc2c(=O)[nH]c(C3CCOCC3)nc2cc1OCCCN1CCCC1. The van der Waals surface area contributed by atoms with Crippen LogP contribution in [0.5, 0.6) is 11.5 Å². The molecule has 0 unspecified atom stereocenters. The summed E-state index contributed by atoms with van der Waals surface area (Å²) in [5.74, 6) is 2.19. The average Bonchev–Trinajstić information content (AvgIpc) is 3.25. The Morgan fingerprint density at radius 2 is 2.00 bits per heavy atom. The number of hydrogen-bond acceptors (Lipinski definition) is 6. The first-order valence-electron chi connectivity index (χ1n) is 10.3. The highest BCUT2D eigenvalue weighted by atomic mass is 16.5. The van der Waals surface area contributed by atoms with Gasteiger partial charge >= 0.3 is 0 Å². The van der Waals surface area contributed by atoms with Crippen LogP contribution in [0.25, 0.3) is 10.9 Å². The number of nitrogens with zero attached hydrogens (tertiary/aromatic N) is 2. The maximum atomic E-state index is 12.6. The van der Waals surface area contributed by atoms with Gasteiger partial charge in [0.25, 0.3) is 5.56 Å². The van der Waals surface area contributed by atoms with Crippen molar-refractivity contribution in [3.8, 4) is 11.5 Å². The molecular formula is C21H29N3O4. The zero-order valence-electron chi connectivity index (χ0n) is 16.5. The Hall–Kier alpha value is -2.12. The van der Waals surface area contributed by atoms with E-state index in [0.29, 0.717) is 42.2 Å². The zero-order valence-corrected chi connectivity index (χ0v) is 16.5. The van der Waals surface area contributed by atoms with Crippen LogP contribution in [-0.2, 0) is 4.74 Å². The van der Waals surface area contributed by atoms with E-state index < -0.39 is 0 Å². The Labute approximate surface area is 165 Å². The summed E-state index contributed by atoms with van der Waals surface area (Å²) in [6.07, 6.45) is 5.33. The molecule has 0 atom stereocenters. The standard InChI is InChI=1S/C21H29N3O4/c1-26-18-13-16-17(14-19(18)28-10-4-9-24-7-2-3-8-24)22-20(23-21(16)25)15-5-11-27-12-6-15/h13-15H,2-12H2,1H3,(H,22,23,25). The second-order valence-corrected chi connectivity index (χ2v) is 7.61. The molecule has 7 nitrogen and oxygen atoms in total. The fraction of sp³-hybridized carbons (Fsp3) is 0.619. The van der Waals surface area contributed by atoms with Crippen LogP contribution in [0.1, 0.15) is 43.8 Å². The summed E-state index contributed by atoms with van der Waals surface area (Å²) in [7, 11) is 1.59. The van der Waals surface area contributed by atoms with E-state index in [1.807, 2.05) is 6.07 Å². The fourth-order valence-electron chi connectivity index (χ4n) is 4.08. The Morgan fingerprint density at radius 3 is 2.75 bits per heavy atom. The van der Waals surface area contributed by atoms with Crippen LogP contribution < -0.4 is 15.0 Å². The quantitative estimate of drug-likeness (QED) is 0.736. The molecule has 2 aliphatic rings. The molecule has 152 valence electrons. The van der Waals surface area contributed by atoms with Gasteiger partial charge in [-0.2, -0.15) is 0 Å². The lowest BCUT2D eigenvalue weighted by molar-refractivity contribution is 0.0836.